The van der Waals surface area contributed by atoms with E-state index in [1.165, 1.54) is 42.6 Å². The van der Waals surface area contributed by atoms with E-state index in [0.29, 0.717) is 0 Å². The van der Waals surface area contributed by atoms with Crippen molar-refractivity contribution in [3.63, 3.8) is 0 Å². The summed E-state index contributed by atoms with van der Waals surface area (Å²) in [4.78, 5) is 2.54. The number of rotatable bonds is 7. The van der Waals surface area contributed by atoms with Gasteiger partial charge in [0.1, 0.15) is 0 Å². The number of nitrogens with one attached hydrogen (secondary N) is 1. The van der Waals surface area contributed by atoms with E-state index in [9.17, 15) is 0 Å². The van der Waals surface area contributed by atoms with E-state index in [1.807, 2.05) is 0 Å². The largest absolute Gasteiger partial charge is 0.383 e. The van der Waals surface area contributed by atoms with Gasteiger partial charge in [-0.1, -0.05) is 17.7 Å². The van der Waals surface area contributed by atoms with E-state index in [-0.39, 0.29) is 0 Å². The van der Waals surface area contributed by atoms with Gasteiger partial charge in [0, 0.05) is 32.4 Å². The average Bonchev–Trinajstić information content (AvgIpc) is 2.42. The molecule has 2 rings (SSSR count). The van der Waals surface area contributed by atoms with E-state index in [2.05, 4.69) is 35.3 Å². The first-order valence-corrected chi connectivity index (χ1v) is 7.35. The summed E-state index contributed by atoms with van der Waals surface area (Å²) in [5.41, 5.74) is 4.36. The van der Waals surface area contributed by atoms with Gasteiger partial charge in [0.25, 0.3) is 0 Å². The highest BCUT2D eigenvalue weighted by atomic mass is 16.5. The zero-order chi connectivity index (χ0) is 13.5. The Morgan fingerprint density at radius 3 is 3.05 bits per heavy atom. The van der Waals surface area contributed by atoms with Crippen LogP contribution in [0.5, 0.6) is 0 Å². The Balaban J connectivity index is 1.79. The predicted molar refractivity (Wildman–Crippen MR) is 81.1 cm³/mol. The third-order valence-corrected chi connectivity index (χ3v) is 3.71. The zero-order valence-electron chi connectivity index (χ0n) is 12.2. The molecule has 19 heavy (non-hydrogen) atoms. The number of benzene rings is 1. The van der Waals surface area contributed by atoms with Gasteiger partial charge in [-0.2, -0.15) is 0 Å². The van der Waals surface area contributed by atoms with Crippen LogP contribution in [0.1, 0.15) is 24.0 Å². The lowest BCUT2D eigenvalue weighted by molar-refractivity contribution is 0.199. The van der Waals surface area contributed by atoms with E-state index in [4.69, 9.17) is 4.74 Å². The molecule has 0 saturated carbocycles. The lowest BCUT2D eigenvalue weighted by Crippen LogP contribution is -2.32. The molecule has 1 aromatic rings. The number of aryl methyl sites for hydroxylation is 2. The number of fused-ring (bicyclic) bond motifs is 1. The molecular formula is C16H26N2O. The van der Waals surface area contributed by atoms with Gasteiger partial charge in [0.05, 0.1) is 6.61 Å². The highest BCUT2D eigenvalue weighted by Crippen LogP contribution is 2.27. The predicted octanol–water partition coefficient (Wildman–Crippen LogP) is 2.37. The molecule has 0 spiro atoms. The molecule has 106 valence electrons. The van der Waals surface area contributed by atoms with Gasteiger partial charge in [0.2, 0.25) is 0 Å². The molecule has 0 radical (unpaired) electrons. The molecule has 1 aromatic carbocycles. The summed E-state index contributed by atoms with van der Waals surface area (Å²) in [7, 11) is 1.74. The number of ether oxygens (including phenoxy) is 1. The fraction of sp³-hybridized carbons (Fsp3) is 0.625. The van der Waals surface area contributed by atoms with Crippen LogP contribution in [0.4, 0.5) is 5.69 Å². The van der Waals surface area contributed by atoms with Crippen molar-refractivity contribution in [2.75, 3.05) is 44.8 Å². The molecule has 0 fully saturated rings. The highest BCUT2D eigenvalue weighted by molar-refractivity contribution is 5.56. The van der Waals surface area contributed by atoms with Crippen molar-refractivity contribution in [1.29, 1.82) is 0 Å². The van der Waals surface area contributed by atoms with Crippen LogP contribution in [-0.2, 0) is 11.2 Å². The summed E-state index contributed by atoms with van der Waals surface area (Å²) >= 11 is 0. The minimum Gasteiger partial charge on any atom is -0.383 e. The summed E-state index contributed by atoms with van der Waals surface area (Å²) in [6.45, 7) is 7.35. The van der Waals surface area contributed by atoms with Gasteiger partial charge >= 0.3 is 0 Å². The first kappa shape index (κ1) is 14.4. The van der Waals surface area contributed by atoms with E-state index < -0.39 is 0 Å². The molecule has 0 bridgehead atoms. The summed E-state index contributed by atoms with van der Waals surface area (Å²) < 4.78 is 5.02. The quantitative estimate of drug-likeness (QED) is 0.764. The van der Waals surface area contributed by atoms with Crippen LogP contribution >= 0.6 is 0 Å². The molecule has 0 unspecified atom stereocenters. The molecule has 3 heteroatoms. The van der Waals surface area contributed by atoms with Gasteiger partial charge in [-0.05, 0) is 44.4 Å². The first-order chi connectivity index (χ1) is 9.31. The van der Waals surface area contributed by atoms with E-state index >= 15 is 0 Å². The second-order valence-corrected chi connectivity index (χ2v) is 5.32. The number of nitrogens with zero attached hydrogens (tertiary/aromatic N) is 1. The maximum atomic E-state index is 5.02. The number of methoxy groups -OCH3 is 1. The van der Waals surface area contributed by atoms with Crippen LogP contribution in [0.15, 0.2) is 18.2 Å². The van der Waals surface area contributed by atoms with Gasteiger partial charge in [-0.25, -0.2) is 0 Å². The molecule has 0 atom stereocenters. The second kappa shape index (κ2) is 7.51. The number of anilines is 1. The summed E-state index contributed by atoms with van der Waals surface area (Å²) in [5.74, 6) is 0. The normalized spacial score (nSPS) is 14.5. The standard InChI is InChI=1S/C16H26N2O/c1-14-6-7-16-15(13-14)5-3-10-18(16)11-4-8-17-9-12-19-2/h6-7,13,17H,3-5,8-12H2,1-2H3. The maximum Gasteiger partial charge on any atom is 0.0587 e. The molecule has 3 nitrogen and oxygen atoms in total. The Morgan fingerprint density at radius 1 is 1.32 bits per heavy atom. The van der Waals surface area contributed by atoms with Crippen LogP contribution in [0.2, 0.25) is 0 Å². The molecule has 1 heterocycles. The Bertz CT molecular complexity index is 392. The molecule has 1 N–H and O–H groups in total. The second-order valence-electron chi connectivity index (χ2n) is 5.32. The van der Waals surface area contributed by atoms with Crippen molar-refractivity contribution in [1.82, 2.24) is 5.32 Å². The Morgan fingerprint density at radius 2 is 2.21 bits per heavy atom. The van der Waals surface area contributed by atoms with Crippen LogP contribution < -0.4 is 10.2 Å². The van der Waals surface area contributed by atoms with Crippen LogP contribution in [0, 0.1) is 6.92 Å². The fourth-order valence-corrected chi connectivity index (χ4v) is 2.73. The molecule has 1 aliphatic rings. The van der Waals surface area contributed by atoms with E-state index in [0.717, 1.165) is 26.2 Å². The van der Waals surface area contributed by atoms with Crippen molar-refractivity contribution in [2.45, 2.75) is 26.2 Å². The average molecular weight is 262 g/mol. The molecule has 1 aliphatic heterocycles. The van der Waals surface area contributed by atoms with Gasteiger partial charge in [-0.3, -0.25) is 0 Å². The first-order valence-electron chi connectivity index (χ1n) is 7.35. The third-order valence-electron chi connectivity index (χ3n) is 3.71. The summed E-state index contributed by atoms with van der Waals surface area (Å²) in [6.07, 6.45) is 3.71. The van der Waals surface area contributed by atoms with Crippen LogP contribution in [0.3, 0.4) is 0 Å². The lowest BCUT2D eigenvalue weighted by atomic mass is 9.99. The van der Waals surface area contributed by atoms with Gasteiger partial charge < -0.3 is 15.0 Å². The Hall–Kier alpha value is -1.06. The number of hydrogen-bond acceptors (Lipinski definition) is 3. The molecule has 0 amide bonds. The zero-order valence-corrected chi connectivity index (χ0v) is 12.2. The number of hydrogen-bond donors (Lipinski definition) is 1. The van der Waals surface area contributed by atoms with Crippen LogP contribution in [0.25, 0.3) is 0 Å². The lowest BCUT2D eigenvalue weighted by Gasteiger charge is -2.31. The molecule has 0 saturated heterocycles. The molecule has 0 aliphatic carbocycles. The van der Waals surface area contributed by atoms with Crippen molar-refractivity contribution in [3.05, 3.63) is 29.3 Å². The summed E-state index contributed by atoms with van der Waals surface area (Å²) in [6, 6.07) is 6.87. The van der Waals surface area contributed by atoms with Crippen LogP contribution in [-0.4, -0.2) is 39.9 Å². The SMILES string of the molecule is COCCNCCCN1CCCc2cc(C)ccc21. The minimum absolute atomic E-state index is 0.797. The monoisotopic (exact) mass is 262 g/mol. The van der Waals surface area contributed by atoms with Crippen molar-refractivity contribution in [2.24, 2.45) is 0 Å². The third kappa shape index (κ3) is 4.22. The van der Waals surface area contributed by atoms with Crippen molar-refractivity contribution in [3.8, 4) is 0 Å². The summed E-state index contributed by atoms with van der Waals surface area (Å²) in [5, 5.41) is 3.41. The Labute approximate surface area is 116 Å². The molecular weight excluding hydrogens is 236 g/mol. The fourth-order valence-electron chi connectivity index (χ4n) is 2.73. The Kier molecular flexibility index (Phi) is 5.67. The smallest absolute Gasteiger partial charge is 0.0587 e. The van der Waals surface area contributed by atoms with Crippen molar-refractivity contribution < 1.29 is 4.74 Å². The minimum atomic E-state index is 0.797. The van der Waals surface area contributed by atoms with Gasteiger partial charge in [0.15, 0.2) is 0 Å². The van der Waals surface area contributed by atoms with Gasteiger partial charge in [-0.15, -0.1) is 0 Å². The van der Waals surface area contributed by atoms with E-state index in [1.54, 1.807) is 7.11 Å². The van der Waals surface area contributed by atoms with Crippen molar-refractivity contribution >= 4 is 5.69 Å². The topological polar surface area (TPSA) is 24.5 Å². The highest BCUT2D eigenvalue weighted by Gasteiger charge is 2.15. The molecule has 0 aromatic heterocycles. The maximum absolute atomic E-state index is 5.02.